The van der Waals surface area contributed by atoms with Crippen molar-refractivity contribution in [3.8, 4) is 11.5 Å². The Hall–Kier alpha value is -5.28. The number of benzene rings is 2. The molecule has 0 saturated carbocycles. The molecule has 15 nitrogen and oxygen atoms in total. The fraction of sp³-hybridized carbons (Fsp3) is 0.444. The molecule has 51 heavy (non-hydrogen) atoms. The van der Waals surface area contributed by atoms with E-state index in [2.05, 4.69) is 11.9 Å². The van der Waals surface area contributed by atoms with Gasteiger partial charge in [-0.25, -0.2) is 14.4 Å². The van der Waals surface area contributed by atoms with Crippen LogP contribution in [0.1, 0.15) is 56.8 Å². The molecule has 1 aliphatic rings. The molecule has 2 aromatic rings. The molecule has 276 valence electrons. The number of rotatable bonds is 17. The predicted molar refractivity (Wildman–Crippen MR) is 181 cm³/mol. The molecule has 0 aromatic heterocycles. The van der Waals surface area contributed by atoms with E-state index in [-0.39, 0.29) is 31.7 Å². The smallest absolute Gasteiger partial charge is 0.335 e. The van der Waals surface area contributed by atoms with Gasteiger partial charge in [-0.15, -0.1) is 0 Å². The van der Waals surface area contributed by atoms with Crippen molar-refractivity contribution < 1.29 is 63.0 Å². The summed E-state index contributed by atoms with van der Waals surface area (Å²) in [7, 11) is 3.00. The third-order valence-electron chi connectivity index (χ3n) is 8.33. The molecule has 2 aromatic carbocycles. The van der Waals surface area contributed by atoms with E-state index in [0.29, 0.717) is 36.3 Å². The number of piperidine rings is 1. The van der Waals surface area contributed by atoms with Crippen LogP contribution < -0.4 is 14.8 Å². The number of aliphatic carboxylic acids is 1. The predicted octanol–water partition coefficient (Wildman–Crippen LogP) is 2.37. The van der Waals surface area contributed by atoms with Crippen LogP contribution in [0.4, 0.5) is 5.69 Å². The number of ether oxygens (including phenoxy) is 4. The van der Waals surface area contributed by atoms with E-state index < -0.39 is 65.3 Å². The molecule has 1 fully saturated rings. The van der Waals surface area contributed by atoms with Crippen molar-refractivity contribution in [2.75, 3.05) is 32.7 Å². The number of aliphatic hydroxyl groups is 2. The van der Waals surface area contributed by atoms with Crippen molar-refractivity contribution in [3.05, 3.63) is 66.2 Å². The summed E-state index contributed by atoms with van der Waals surface area (Å²) in [5.41, 5.74) is -0.0586. The van der Waals surface area contributed by atoms with Gasteiger partial charge in [0.25, 0.3) is 11.8 Å². The molecule has 0 aliphatic carbocycles. The van der Waals surface area contributed by atoms with E-state index in [1.165, 1.54) is 45.1 Å². The maximum absolute atomic E-state index is 13.9. The first kappa shape index (κ1) is 40.2. The number of methoxy groups -OCH3 is 2. The SMILES string of the molecule is C=CC(=O)OCC(C)(C)C(=O)C(=O)N1CCCC[C@H]1C(=O)O[C@H](CCc1ccc(OC)c(OC)c1)c1cccc(NC(=O)[C@@H](O)[C@H](O)C(=O)O)c1. The van der Waals surface area contributed by atoms with Crippen LogP contribution in [0.25, 0.3) is 0 Å². The van der Waals surface area contributed by atoms with Crippen molar-refractivity contribution in [1.82, 2.24) is 4.90 Å². The fourth-order valence-corrected chi connectivity index (χ4v) is 5.37. The number of hydrogen-bond donors (Lipinski definition) is 4. The van der Waals surface area contributed by atoms with E-state index in [1.807, 2.05) is 6.07 Å². The number of aliphatic hydroxyl groups excluding tert-OH is 2. The number of anilines is 1. The second-order valence-corrected chi connectivity index (χ2v) is 12.5. The summed E-state index contributed by atoms with van der Waals surface area (Å²) >= 11 is 0. The summed E-state index contributed by atoms with van der Waals surface area (Å²) in [6.45, 7) is 5.98. The second-order valence-electron chi connectivity index (χ2n) is 12.5. The molecule has 4 atom stereocenters. The Balaban J connectivity index is 1.89. The zero-order valence-corrected chi connectivity index (χ0v) is 29.0. The molecule has 0 radical (unpaired) electrons. The Bertz CT molecular complexity index is 1620. The number of carbonyl (C=O) groups is 6. The summed E-state index contributed by atoms with van der Waals surface area (Å²) in [5, 5.41) is 30.9. The largest absolute Gasteiger partial charge is 0.493 e. The van der Waals surface area contributed by atoms with E-state index in [1.54, 1.807) is 24.3 Å². The molecule has 0 unspecified atom stereocenters. The van der Waals surface area contributed by atoms with Crippen LogP contribution in [0.3, 0.4) is 0 Å². The minimum atomic E-state index is -2.36. The van der Waals surface area contributed by atoms with Crippen molar-refractivity contribution in [2.24, 2.45) is 5.41 Å². The van der Waals surface area contributed by atoms with Gasteiger partial charge >= 0.3 is 17.9 Å². The first-order valence-corrected chi connectivity index (χ1v) is 16.2. The minimum absolute atomic E-state index is 0.112. The van der Waals surface area contributed by atoms with Gasteiger partial charge in [0.2, 0.25) is 5.78 Å². The average molecular weight is 713 g/mol. The average Bonchev–Trinajstić information content (AvgIpc) is 3.13. The number of carboxylic acids is 1. The molecule has 0 bridgehead atoms. The van der Waals surface area contributed by atoms with Crippen LogP contribution in [0, 0.1) is 5.41 Å². The third-order valence-corrected chi connectivity index (χ3v) is 8.33. The molecular formula is C36H44N2O13. The van der Waals surface area contributed by atoms with E-state index in [4.69, 9.17) is 24.1 Å². The Morgan fingerprint density at radius 2 is 1.71 bits per heavy atom. The molecular weight excluding hydrogens is 668 g/mol. The number of carbonyl (C=O) groups excluding carboxylic acids is 5. The van der Waals surface area contributed by atoms with Crippen molar-refractivity contribution >= 4 is 41.2 Å². The van der Waals surface area contributed by atoms with Crippen LogP contribution in [-0.2, 0) is 44.7 Å². The Kier molecular flexibility index (Phi) is 14.3. The van der Waals surface area contributed by atoms with E-state index in [9.17, 15) is 39.0 Å². The standard InChI is InChI=1S/C36H44N2O13/c1-6-28(39)50-20-36(2,3)31(42)33(44)38-17-8-7-12-24(38)35(47)51-25(15-13-21-14-16-26(48-4)27(18-21)49-5)22-10-9-11-23(19-22)37-32(43)29(40)30(41)34(45)46/h6,9-11,14,16,18-19,24-25,29-30,40-41H,1,7-8,12-13,15,17,20H2,2-5H3,(H,37,43)(H,45,46)/t24-,25+,29-,30-/m0/s1. The number of ketones is 1. The number of amides is 2. The quantitative estimate of drug-likeness (QED) is 0.105. The van der Waals surface area contributed by atoms with Crippen LogP contribution in [0.2, 0.25) is 0 Å². The summed E-state index contributed by atoms with van der Waals surface area (Å²) in [6.07, 6.45) is -2.71. The highest BCUT2D eigenvalue weighted by Gasteiger charge is 2.42. The molecule has 2 amide bonds. The number of likely N-dealkylation sites (tertiary alicyclic amines) is 1. The molecule has 4 N–H and O–H groups in total. The molecule has 1 aliphatic heterocycles. The van der Waals surface area contributed by atoms with Gasteiger partial charge in [-0.05, 0) is 81.3 Å². The number of Topliss-reactive ketones (excluding diaryl/α,β-unsaturated/α-hetero) is 1. The van der Waals surface area contributed by atoms with Crippen LogP contribution in [0.5, 0.6) is 11.5 Å². The van der Waals surface area contributed by atoms with Crippen LogP contribution in [-0.4, -0.2) is 101 Å². The van der Waals surface area contributed by atoms with Crippen LogP contribution in [0.15, 0.2) is 55.1 Å². The summed E-state index contributed by atoms with van der Waals surface area (Å²) in [5.74, 6) is -5.24. The molecule has 15 heteroatoms. The van der Waals surface area contributed by atoms with Crippen molar-refractivity contribution in [3.63, 3.8) is 0 Å². The topological polar surface area (TPSA) is 215 Å². The lowest BCUT2D eigenvalue weighted by Gasteiger charge is -2.36. The highest BCUT2D eigenvalue weighted by atomic mass is 16.5. The van der Waals surface area contributed by atoms with Gasteiger partial charge < -0.3 is 44.5 Å². The van der Waals surface area contributed by atoms with Gasteiger partial charge in [-0.2, -0.15) is 0 Å². The molecule has 3 rings (SSSR count). The monoisotopic (exact) mass is 712 g/mol. The van der Waals surface area contributed by atoms with Crippen molar-refractivity contribution in [1.29, 1.82) is 0 Å². The number of esters is 2. The number of carboxylic acid groups (broad SMARTS) is 1. The normalized spacial score (nSPS) is 16.1. The highest BCUT2D eigenvalue weighted by molar-refractivity contribution is 6.38. The first-order chi connectivity index (χ1) is 24.1. The lowest BCUT2D eigenvalue weighted by molar-refractivity contribution is -0.165. The fourth-order valence-electron chi connectivity index (χ4n) is 5.37. The van der Waals surface area contributed by atoms with Crippen molar-refractivity contribution in [2.45, 2.75) is 70.3 Å². The van der Waals surface area contributed by atoms with Gasteiger partial charge in [-0.3, -0.25) is 14.4 Å². The third kappa shape index (κ3) is 10.6. The zero-order chi connectivity index (χ0) is 37.9. The van der Waals surface area contributed by atoms with Gasteiger partial charge in [0.05, 0.1) is 19.6 Å². The highest BCUT2D eigenvalue weighted by Crippen LogP contribution is 2.32. The zero-order valence-electron chi connectivity index (χ0n) is 29.0. The summed E-state index contributed by atoms with van der Waals surface area (Å²) in [6, 6.07) is 10.3. The molecule has 0 spiro atoms. The minimum Gasteiger partial charge on any atom is -0.493 e. The van der Waals surface area contributed by atoms with Gasteiger partial charge in [0.1, 0.15) is 18.8 Å². The Morgan fingerprint density at radius 1 is 1.00 bits per heavy atom. The van der Waals surface area contributed by atoms with Gasteiger partial charge in [0.15, 0.2) is 23.7 Å². The number of hydrogen-bond acceptors (Lipinski definition) is 12. The first-order valence-electron chi connectivity index (χ1n) is 16.2. The Morgan fingerprint density at radius 3 is 2.35 bits per heavy atom. The van der Waals surface area contributed by atoms with Gasteiger partial charge in [-0.1, -0.05) is 24.8 Å². The Labute approximate surface area is 295 Å². The lowest BCUT2D eigenvalue weighted by atomic mass is 9.87. The van der Waals surface area contributed by atoms with E-state index in [0.717, 1.165) is 11.6 Å². The van der Waals surface area contributed by atoms with Gasteiger partial charge in [0, 0.05) is 18.3 Å². The lowest BCUT2D eigenvalue weighted by Crippen LogP contribution is -2.53. The number of aryl methyl sites for hydroxylation is 1. The summed E-state index contributed by atoms with van der Waals surface area (Å²) < 4.78 is 21.8. The molecule has 1 saturated heterocycles. The van der Waals surface area contributed by atoms with Crippen LogP contribution >= 0.6 is 0 Å². The maximum atomic E-state index is 13.9. The molecule has 1 heterocycles. The number of nitrogens with one attached hydrogen (secondary N) is 1. The number of nitrogens with zero attached hydrogens (tertiary/aromatic N) is 1. The summed E-state index contributed by atoms with van der Waals surface area (Å²) in [4.78, 5) is 77.0. The van der Waals surface area contributed by atoms with E-state index >= 15 is 0 Å². The maximum Gasteiger partial charge on any atom is 0.335 e. The second kappa shape index (κ2) is 18.1.